The molecule has 0 aromatic rings. The number of carbonyl (C=O) groups is 4. The summed E-state index contributed by atoms with van der Waals surface area (Å²) in [5.74, 6) is -0.648. The van der Waals surface area contributed by atoms with E-state index in [0.29, 0.717) is 6.42 Å². The van der Waals surface area contributed by atoms with E-state index >= 15 is 0 Å². The SMILES string of the molecule is CCC(=O)OC.COC(=O)OC.COC(C)=O.COC(C)=O. The van der Waals surface area contributed by atoms with Crippen LogP contribution in [0.5, 0.6) is 0 Å². The Morgan fingerprint density at radius 3 is 0.909 bits per heavy atom. The normalized spacial score (nSPS) is 7.09. The molecular formula is C13H26O9. The van der Waals surface area contributed by atoms with Crippen LogP contribution in [0.1, 0.15) is 27.2 Å². The minimum Gasteiger partial charge on any atom is -0.469 e. The molecule has 9 nitrogen and oxygen atoms in total. The summed E-state index contributed by atoms with van der Waals surface area (Å²) in [5.41, 5.74) is 0. The van der Waals surface area contributed by atoms with E-state index in [2.05, 4.69) is 23.7 Å². The Hall–Kier alpha value is -2.32. The van der Waals surface area contributed by atoms with E-state index in [-0.39, 0.29) is 17.9 Å². The average Bonchev–Trinajstić information content (AvgIpc) is 2.54. The summed E-state index contributed by atoms with van der Waals surface area (Å²) >= 11 is 0. The first-order valence-corrected chi connectivity index (χ1v) is 5.94. The highest BCUT2D eigenvalue weighted by molar-refractivity contribution is 5.68. The van der Waals surface area contributed by atoms with Crippen LogP contribution in [0.25, 0.3) is 0 Å². The molecule has 22 heavy (non-hydrogen) atoms. The number of carbonyl (C=O) groups excluding carboxylic acids is 4. The van der Waals surface area contributed by atoms with Crippen molar-refractivity contribution in [2.45, 2.75) is 27.2 Å². The first kappa shape index (κ1) is 27.9. The Balaban J connectivity index is -0.0000000986. The van der Waals surface area contributed by atoms with Crippen molar-refractivity contribution < 1.29 is 42.9 Å². The van der Waals surface area contributed by atoms with Crippen molar-refractivity contribution in [2.75, 3.05) is 35.5 Å². The minimum atomic E-state index is -0.657. The van der Waals surface area contributed by atoms with E-state index in [1.54, 1.807) is 6.92 Å². The molecule has 0 bridgehead atoms. The van der Waals surface area contributed by atoms with Gasteiger partial charge in [-0.25, -0.2) is 4.79 Å². The summed E-state index contributed by atoms with van der Waals surface area (Å²) in [6, 6.07) is 0. The third-order valence-corrected chi connectivity index (χ3v) is 1.42. The van der Waals surface area contributed by atoms with Gasteiger partial charge in [-0.1, -0.05) is 6.92 Å². The Morgan fingerprint density at radius 1 is 0.636 bits per heavy atom. The summed E-state index contributed by atoms with van der Waals surface area (Å²) in [6.45, 7) is 4.48. The Morgan fingerprint density at radius 2 is 0.909 bits per heavy atom. The molecule has 0 radical (unpaired) electrons. The van der Waals surface area contributed by atoms with Gasteiger partial charge in [0.2, 0.25) is 0 Å². The van der Waals surface area contributed by atoms with E-state index < -0.39 is 6.16 Å². The molecule has 0 unspecified atom stereocenters. The lowest BCUT2D eigenvalue weighted by molar-refractivity contribution is -0.140. The van der Waals surface area contributed by atoms with E-state index in [0.717, 1.165) is 0 Å². The van der Waals surface area contributed by atoms with Crippen LogP contribution in [-0.2, 0) is 38.1 Å². The molecule has 9 heteroatoms. The van der Waals surface area contributed by atoms with Gasteiger partial charge in [-0.15, -0.1) is 0 Å². The van der Waals surface area contributed by atoms with Crippen molar-refractivity contribution >= 4 is 24.1 Å². The predicted octanol–water partition coefficient (Wildman–Crippen LogP) is 1.33. The molecule has 0 aromatic heterocycles. The fraction of sp³-hybridized carbons (Fsp3) is 0.692. The third kappa shape index (κ3) is 52.5. The van der Waals surface area contributed by atoms with Gasteiger partial charge in [-0.05, 0) is 0 Å². The maximum absolute atomic E-state index is 9.96. The molecule has 0 amide bonds. The molecule has 0 saturated carbocycles. The molecule has 0 aliphatic heterocycles. The van der Waals surface area contributed by atoms with Gasteiger partial charge in [-0.2, -0.15) is 0 Å². The number of hydrogen-bond acceptors (Lipinski definition) is 9. The number of rotatable bonds is 1. The lowest BCUT2D eigenvalue weighted by atomic mass is 10.5. The fourth-order valence-corrected chi connectivity index (χ4v) is 0.228. The summed E-state index contributed by atoms with van der Waals surface area (Å²) in [7, 11) is 6.59. The number of methoxy groups -OCH3 is 5. The standard InChI is InChI=1S/C4H8O2.C3H6O3.2C3H6O2/c1-3-4(5)6-2;1-5-3(4)6-2;2*1-3(4)5-2/h3H2,1-2H3;1-2H3;2*1-2H3. The topological polar surface area (TPSA) is 114 Å². The summed E-state index contributed by atoms with van der Waals surface area (Å²) in [4.78, 5) is 38.9. The monoisotopic (exact) mass is 326 g/mol. The summed E-state index contributed by atoms with van der Waals surface area (Å²) in [5, 5.41) is 0. The van der Waals surface area contributed by atoms with Crippen LogP contribution in [0.15, 0.2) is 0 Å². The van der Waals surface area contributed by atoms with E-state index in [9.17, 15) is 19.2 Å². The van der Waals surface area contributed by atoms with E-state index in [1.807, 2.05) is 0 Å². The largest absolute Gasteiger partial charge is 0.507 e. The highest BCUT2D eigenvalue weighted by atomic mass is 16.7. The van der Waals surface area contributed by atoms with E-state index in [1.165, 1.54) is 49.4 Å². The van der Waals surface area contributed by atoms with Gasteiger partial charge >= 0.3 is 24.1 Å². The Kier molecular flexibility index (Phi) is 30.2. The second-order valence-electron chi connectivity index (χ2n) is 2.98. The molecule has 0 saturated heterocycles. The van der Waals surface area contributed by atoms with Crippen LogP contribution in [0, 0.1) is 0 Å². The van der Waals surface area contributed by atoms with Gasteiger partial charge < -0.3 is 23.7 Å². The molecule has 0 atom stereocenters. The first-order valence-electron chi connectivity index (χ1n) is 5.94. The number of hydrogen-bond donors (Lipinski definition) is 0. The Bertz CT molecular complexity index is 258. The molecular weight excluding hydrogens is 300 g/mol. The molecule has 0 aliphatic rings. The zero-order chi connectivity index (χ0) is 18.6. The molecule has 0 spiro atoms. The van der Waals surface area contributed by atoms with Gasteiger partial charge in [0.15, 0.2) is 0 Å². The van der Waals surface area contributed by atoms with Crippen LogP contribution in [0.4, 0.5) is 4.79 Å². The van der Waals surface area contributed by atoms with Crippen LogP contribution >= 0.6 is 0 Å². The van der Waals surface area contributed by atoms with Gasteiger partial charge in [0.1, 0.15) is 0 Å². The van der Waals surface area contributed by atoms with Crippen molar-refractivity contribution in [3.8, 4) is 0 Å². The number of ether oxygens (including phenoxy) is 5. The van der Waals surface area contributed by atoms with Gasteiger partial charge in [0.05, 0.1) is 35.5 Å². The third-order valence-electron chi connectivity index (χ3n) is 1.42. The van der Waals surface area contributed by atoms with Gasteiger partial charge in [0, 0.05) is 20.3 Å². The van der Waals surface area contributed by atoms with Crippen LogP contribution < -0.4 is 0 Å². The maximum atomic E-state index is 9.96. The van der Waals surface area contributed by atoms with Crippen molar-refractivity contribution in [3.63, 3.8) is 0 Å². The molecule has 0 fully saturated rings. The predicted molar refractivity (Wildman–Crippen MR) is 77.1 cm³/mol. The zero-order valence-corrected chi connectivity index (χ0v) is 14.4. The molecule has 0 N–H and O–H groups in total. The molecule has 0 aliphatic carbocycles. The first-order chi connectivity index (χ1) is 10.2. The minimum absolute atomic E-state index is 0.157. The second-order valence-corrected chi connectivity index (χ2v) is 2.98. The lowest BCUT2D eigenvalue weighted by Gasteiger charge is -1.89. The highest BCUT2D eigenvalue weighted by Crippen LogP contribution is 1.76. The quantitative estimate of drug-likeness (QED) is 0.519. The fourth-order valence-electron chi connectivity index (χ4n) is 0.228. The molecule has 132 valence electrons. The second kappa shape index (κ2) is 23.7. The highest BCUT2D eigenvalue weighted by Gasteiger charge is 1.89. The summed E-state index contributed by atoms with van der Waals surface area (Å²) in [6.07, 6.45) is -0.189. The number of esters is 3. The zero-order valence-electron chi connectivity index (χ0n) is 14.4. The summed E-state index contributed by atoms with van der Waals surface area (Å²) < 4.78 is 20.6. The Labute approximate surface area is 130 Å². The van der Waals surface area contributed by atoms with Gasteiger partial charge in [0.25, 0.3) is 0 Å². The molecule has 0 rings (SSSR count). The smallest absolute Gasteiger partial charge is 0.469 e. The molecule has 0 aromatic carbocycles. The van der Waals surface area contributed by atoms with Crippen molar-refractivity contribution in [2.24, 2.45) is 0 Å². The van der Waals surface area contributed by atoms with Crippen LogP contribution in [0.3, 0.4) is 0 Å². The van der Waals surface area contributed by atoms with Crippen molar-refractivity contribution in [3.05, 3.63) is 0 Å². The van der Waals surface area contributed by atoms with Crippen molar-refractivity contribution in [1.29, 1.82) is 0 Å². The van der Waals surface area contributed by atoms with Gasteiger partial charge in [-0.3, -0.25) is 14.4 Å². The maximum Gasteiger partial charge on any atom is 0.507 e. The average molecular weight is 326 g/mol. The lowest BCUT2D eigenvalue weighted by Crippen LogP contribution is -1.97. The van der Waals surface area contributed by atoms with Crippen LogP contribution in [0.2, 0.25) is 0 Å². The van der Waals surface area contributed by atoms with E-state index in [4.69, 9.17) is 0 Å². The van der Waals surface area contributed by atoms with Crippen molar-refractivity contribution in [1.82, 2.24) is 0 Å². The van der Waals surface area contributed by atoms with Crippen LogP contribution in [-0.4, -0.2) is 59.6 Å². The molecule has 0 heterocycles.